The largest absolute Gasteiger partial charge is 1.00 e. The van der Waals surface area contributed by atoms with E-state index in [2.05, 4.69) is 42.0 Å². The molecule has 0 aromatic heterocycles. The molecule has 3 aromatic carbocycles. The molecule has 2 aliphatic rings. The van der Waals surface area contributed by atoms with Crippen LogP contribution in [-0.2, 0) is 0 Å². The van der Waals surface area contributed by atoms with Crippen molar-refractivity contribution >= 4 is 40.1 Å². The van der Waals surface area contributed by atoms with Crippen molar-refractivity contribution < 1.29 is 67.0 Å². The van der Waals surface area contributed by atoms with E-state index in [1.807, 2.05) is 0 Å². The number of nitro groups is 1. The molecule has 2 heterocycles. The number of fused-ring (bicyclic) bond motifs is 1. The minimum Gasteiger partial charge on any atom is -1.00 e. The van der Waals surface area contributed by atoms with Gasteiger partial charge in [0.1, 0.15) is 0 Å². The maximum Gasteiger partial charge on any atom is 0.270 e. The fourth-order valence-corrected chi connectivity index (χ4v) is 7.75. The molecule has 0 radical (unpaired) electrons. The lowest BCUT2D eigenvalue weighted by Crippen LogP contribution is -3.00. The number of nitro benzene ring substituents is 1. The number of quaternary nitrogens is 2. The normalized spacial score (nSPS) is 14.5. The van der Waals surface area contributed by atoms with E-state index >= 15 is 0 Å². The molecular formula is C38H49Br2N5O6. The number of rotatable bonds is 16. The van der Waals surface area contributed by atoms with Crippen LogP contribution >= 0.6 is 0 Å². The van der Waals surface area contributed by atoms with Crippen molar-refractivity contribution in [1.29, 1.82) is 0 Å². The van der Waals surface area contributed by atoms with Crippen molar-refractivity contribution in [3.63, 3.8) is 0 Å². The first-order chi connectivity index (χ1) is 23.0. The van der Waals surface area contributed by atoms with Crippen LogP contribution in [0.5, 0.6) is 0 Å². The molecule has 51 heavy (non-hydrogen) atoms. The maximum atomic E-state index is 13.6. The Morgan fingerprint density at radius 1 is 0.647 bits per heavy atom. The molecule has 11 nitrogen and oxygen atoms in total. The molecule has 0 N–H and O–H groups in total. The minimum atomic E-state index is -0.509. The number of hydrogen-bond donors (Lipinski definition) is 0. The van der Waals surface area contributed by atoms with Gasteiger partial charge in [0.15, 0.2) is 0 Å². The van der Waals surface area contributed by atoms with Gasteiger partial charge in [-0.25, -0.2) is 0 Å². The Morgan fingerprint density at radius 3 is 1.75 bits per heavy atom. The van der Waals surface area contributed by atoms with Gasteiger partial charge in [-0.15, -0.1) is 0 Å². The third kappa shape index (κ3) is 9.48. The molecule has 0 saturated carbocycles. The van der Waals surface area contributed by atoms with Gasteiger partial charge in [-0.1, -0.05) is 38.1 Å². The summed E-state index contributed by atoms with van der Waals surface area (Å²) < 4.78 is 1.57. The summed E-state index contributed by atoms with van der Waals surface area (Å²) in [4.78, 5) is 66.1. The second-order valence-corrected chi connectivity index (χ2v) is 15.8. The molecule has 4 amide bonds. The van der Waals surface area contributed by atoms with E-state index in [0.29, 0.717) is 34.0 Å². The fraction of sp³-hybridized carbons (Fsp3) is 0.474. The third-order valence-electron chi connectivity index (χ3n) is 9.87. The molecule has 0 unspecified atom stereocenters. The first kappa shape index (κ1) is 41.9. The number of hydrogen-bond acceptors (Lipinski definition) is 6. The SMILES string of the molecule is CC(C)(CN1C(=O)c2cccc3cc([N+](=O)[O-])cc(c23)C1=O)C[N+](C)(C)CCCCCC[N+](C)(C)CCCN1C(=O)c2ccccc2C1=O.[Br-].[Br-]. The van der Waals surface area contributed by atoms with Crippen molar-refractivity contribution in [3.8, 4) is 0 Å². The van der Waals surface area contributed by atoms with Crippen molar-refractivity contribution in [2.45, 2.75) is 46.0 Å². The predicted octanol–water partition coefficient (Wildman–Crippen LogP) is -0.222. The first-order valence-corrected chi connectivity index (χ1v) is 17.2. The van der Waals surface area contributed by atoms with Gasteiger partial charge in [0.05, 0.1) is 76.0 Å². The van der Waals surface area contributed by atoms with E-state index < -0.39 is 16.2 Å². The summed E-state index contributed by atoms with van der Waals surface area (Å²) in [5.41, 5.74) is 1.04. The summed E-state index contributed by atoms with van der Waals surface area (Å²) in [5.74, 6) is -1.23. The lowest BCUT2D eigenvalue weighted by molar-refractivity contribution is -0.896. The first-order valence-electron chi connectivity index (χ1n) is 17.2. The Hall–Kier alpha value is -3.52. The van der Waals surface area contributed by atoms with E-state index in [1.165, 1.54) is 21.9 Å². The lowest BCUT2D eigenvalue weighted by atomic mass is 9.88. The van der Waals surface area contributed by atoms with Crippen LogP contribution in [0.25, 0.3) is 10.8 Å². The highest BCUT2D eigenvalue weighted by Crippen LogP contribution is 2.35. The maximum absolute atomic E-state index is 13.6. The smallest absolute Gasteiger partial charge is 0.270 e. The molecule has 5 rings (SSSR count). The molecule has 0 saturated heterocycles. The van der Waals surface area contributed by atoms with E-state index in [1.54, 1.807) is 42.5 Å². The molecule has 0 atom stereocenters. The molecule has 0 fully saturated rings. The number of benzene rings is 3. The summed E-state index contributed by atoms with van der Waals surface area (Å²) in [6.45, 7) is 8.37. The topological polar surface area (TPSA) is 118 Å². The van der Waals surface area contributed by atoms with Crippen molar-refractivity contribution in [2.75, 3.05) is 67.5 Å². The molecule has 276 valence electrons. The molecule has 0 aliphatic carbocycles. The quantitative estimate of drug-likeness (QED) is 0.0649. The van der Waals surface area contributed by atoms with Crippen molar-refractivity contribution in [3.05, 3.63) is 87.0 Å². The number of unbranched alkanes of at least 4 members (excludes halogenated alkanes) is 3. The van der Waals surface area contributed by atoms with Crippen LogP contribution < -0.4 is 34.0 Å². The summed E-state index contributed by atoms with van der Waals surface area (Å²) in [6.07, 6.45) is 5.11. The van der Waals surface area contributed by atoms with Crippen LogP contribution in [0.4, 0.5) is 5.69 Å². The zero-order chi connectivity index (χ0) is 35.7. The second kappa shape index (κ2) is 16.4. The Bertz CT molecular complexity index is 1790. The van der Waals surface area contributed by atoms with Gasteiger partial charge in [-0.05, 0) is 49.3 Å². The number of non-ortho nitro benzene ring substituents is 1. The standard InChI is InChI=1S/C38H49N5O6.2BrH/c1-38(2,25-40-36(46)31-18-13-15-27-23-28(41(48)49)24-32(33(27)31)37(40)47)26-43(5,6)21-12-8-7-11-20-42(3,4)22-14-19-39-34(44)29-16-9-10-17-30(29)35(39)45;;/h9-10,13,15-18,23-24H,7-8,11-12,14,19-22,25-26H2,1-6H3;2*1H/q+2;;/p-2. The van der Waals surface area contributed by atoms with Gasteiger partial charge < -0.3 is 42.9 Å². The molecule has 2 aliphatic heterocycles. The van der Waals surface area contributed by atoms with Crippen LogP contribution in [0.1, 0.15) is 87.4 Å². The van der Waals surface area contributed by atoms with Crippen molar-refractivity contribution in [2.24, 2.45) is 5.41 Å². The summed E-state index contributed by atoms with van der Waals surface area (Å²) in [7, 11) is 8.75. The Morgan fingerprint density at radius 2 is 1.16 bits per heavy atom. The van der Waals surface area contributed by atoms with Gasteiger partial charge >= 0.3 is 0 Å². The Kier molecular flexibility index (Phi) is 13.5. The average Bonchev–Trinajstić information content (AvgIpc) is 3.27. The fourth-order valence-electron chi connectivity index (χ4n) is 7.75. The summed E-state index contributed by atoms with van der Waals surface area (Å²) >= 11 is 0. The summed E-state index contributed by atoms with van der Waals surface area (Å²) in [6, 6.07) is 14.8. The van der Waals surface area contributed by atoms with E-state index in [4.69, 9.17) is 0 Å². The zero-order valence-electron chi connectivity index (χ0n) is 30.4. The number of carbonyl (C=O) groups is 4. The zero-order valence-corrected chi connectivity index (χ0v) is 33.6. The predicted molar refractivity (Wildman–Crippen MR) is 188 cm³/mol. The molecule has 13 heteroatoms. The lowest BCUT2D eigenvalue weighted by Gasteiger charge is -2.40. The minimum absolute atomic E-state index is 0. The van der Waals surface area contributed by atoms with Crippen LogP contribution in [0.2, 0.25) is 0 Å². The number of amides is 4. The van der Waals surface area contributed by atoms with Crippen molar-refractivity contribution in [1.82, 2.24) is 9.80 Å². The van der Waals surface area contributed by atoms with Gasteiger partial charge in [0.2, 0.25) is 0 Å². The van der Waals surface area contributed by atoms with Gasteiger partial charge in [-0.2, -0.15) is 0 Å². The van der Waals surface area contributed by atoms with Gasteiger partial charge in [-0.3, -0.25) is 39.1 Å². The molecule has 0 spiro atoms. The van der Waals surface area contributed by atoms with E-state index in [9.17, 15) is 29.3 Å². The van der Waals surface area contributed by atoms with Gasteiger partial charge in [0, 0.05) is 48.0 Å². The van der Waals surface area contributed by atoms with E-state index in [-0.39, 0.29) is 69.5 Å². The number of carbonyl (C=O) groups excluding carboxylic acids is 4. The molecule has 3 aromatic rings. The Balaban J connectivity index is 0.00000351. The van der Waals surface area contributed by atoms with Crippen LogP contribution in [0, 0.1) is 15.5 Å². The number of nitrogens with zero attached hydrogens (tertiary/aromatic N) is 5. The van der Waals surface area contributed by atoms with Crippen LogP contribution in [0.3, 0.4) is 0 Å². The molecule has 0 bridgehead atoms. The Labute approximate surface area is 321 Å². The van der Waals surface area contributed by atoms with E-state index in [0.717, 1.165) is 67.2 Å². The van der Waals surface area contributed by atoms with Gasteiger partial charge in [0.25, 0.3) is 29.3 Å². The average molecular weight is 832 g/mol. The summed E-state index contributed by atoms with van der Waals surface area (Å²) in [5, 5.41) is 12.6. The number of halogens is 2. The monoisotopic (exact) mass is 829 g/mol. The highest BCUT2D eigenvalue weighted by atomic mass is 79.9. The van der Waals surface area contributed by atoms with Crippen LogP contribution in [-0.4, -0.2) is 115 Å². The third-order valence-corrected chi connectivity index (χ3v) is 9.87. The highest BCUT2D eigenvalue weighted by molar-refractivity contribution is 6.26. The number of imide groups is 2. The van der Waals surface area contributed by atoms with Crippen LogP contribution in [0.15, 0.2) is 54.6 Å². The highest BCUT2D eigenvalue weighted by Gasteiger charge is 2.40. The molecular weight excluding hydrogens is 782 g/mol. The second-order valence-electron chi connectivity index (χ2n) is 15.8.